The predicted octanol–water partition coefficient (Wildman–Crippen LogP) is 17.3. The fourth-order valence-electron chi connectivity index (χ4n) is 6.34. The zero-order valence-electron chi connectivity index (χ0n) is 41.9. The maximum Gasteiger partial charge on any atom is 0.306 e. The number of esters is 3. The number of ether oxygens (including phenoxy) is 3. The van der Waals surface area contributed by atoms with Crippen LogP contribution in [0, 0.1) is 0 Å². The Hall–Kier alpha value is -4.71. The minimum atomic E-state index is -0.839. The third kappa shape index (κ3) is 50.3. The first-order valence-corrected chi connectivity index (χ1v) is 25.9. The van der Waals surface area contributed by atoms with Crippen molar-refractivity contribution in [1.82, 2.24) is 0 Å². The van der Waals surface area contributed by atoms with E-state index in [2.05, 4.69) is 130 Å². The molecular weight excluding hydrogens is 817 g/mol. The molecule has 0 aliphatic carbocycles. The number of rotatable bonds is 44. The minimum Gasteiger partial charge on any atom is -0.462 e. The highest BCUT2D eigenvalue weighted by Gasteiger charge is 2.19. The van der Waals surface area contributed by atoms with Crippen LogP contribution in [0.25, 0.3) is 0 Å². The van der Waals surface area contributed by atoms with E-state index in [0.29, 0.717) is 12.8 Å². The van der Waals surface area contributed by atoms with Crippen LogP contribution in [0.15, 0.2) is 146 Å². The molecule has 0 radical (unpaired) electrons. The van der Waals surface area contributed by atoms with E-state index in [1.807, 2.05) is 36.5 Å². The third-order valence-electron chi connectivity index (χ3n) is 10.2. The maximum atomic E-state index is 12.8. The molecule has 0 amide bonds. The average molecular weight is 909 g/mol. The normalized spacial score (nSPS) is 13.3. The van der Waals surface area contributed by atoms with Gasteiger partial charge in [-0.3, -0.25) is 14.4 Å². The summed E-state index contributed by atoms with van der Waals surface area (Å²) < 4.78 is 16.7. The zero-order valence-corrected chi connectivity index (χ0v) is 41.9. The molecule has 0 aromatic rings. The van der Waals surface area contributed by atoms with E-state index < -0.39 is 6.10 Å². The fraction of sp³-hybridized carbons (Fsp3) is 0.550. The van der Waals surface area contributed by atoms with Crippen LogP contribution in [-0.2, 0) is 28.6 Å². The van der Waals surface area contributed by atoms with Crippen molar-refractivity contribution in [3.63, 3.8) is 0 Å². The van der Waals surface area contributed by atoms with E-state index in [1.165, 1.54) is 44.9 Å². The molecule has 0 heterocycles. The van der Waals surface area contributed by atoms with Gasteiger partial charge in [0.05, 0.1) is 0 Å². The first kappa shape index (κ1) is 61.3. The quantitative estimate of drug-likeness (QED) is 0.0199. The van der Waals surface area contributed by atoms with Gasteiger partial charge in [0.25, 0.3) is 0 Å². The number of hydrogen-bond donors (Lipinski definition) is 0. The lowest BCUT2D eigenvalue weighted by Crippen LogP contribution is -2.30. The van der Waals surface area contributed by atoms with Crippen LogP contribution in [0.2, 0.25) is 0 Å². The summed E-state index contributed by atoms with van der Waals surface area (Å²) in [7, 11) is 0. The molecule has 0 N–H and O–H groups in total. The Balaban J connectivity index is 4.61. The van der Waals surface area contributed by atoms with E-state index in [0.717, 1.165) is 103 Å². The lowest BCUT2D eigenvalue weighted by molar-refractivity contribution is -0.167. The van der Waals surface area contributed by atoms with Crippen molar-refractivity contribution in [2.24, 2.45) is 0 Å². The molecule has 0 saturated carbocycles. The number of carbonyl (C=O) groups excluding carboxylic acids is 3. The second-order valence-corrected chi connectivity index (χ2v) is 16.5. The first-order valence-electron chi connectivity index (χ1n) is 25.9. The molecule has 0 aromatic carbocycles. The highest BCUT2D eigenvalue weighted by Crippen LogP contribution is 2.11. The van der Waals surface area contributed by atoms with Gasteiger partial charge in [-0.25, -0.2) is 0 Å². The van der Waals surface area contributed by atoms with Crippen molar-refractivity contribution in [2.75, 3.05) is 13.2 Å². The maximum absolute atomic E-state index is 12.8. The van der Waals surface area contributed by atoms with Gasteiger partial charge in [0.1, 0.15) is 13.2 Å². The van der Waals surface area contributed by atoms with Gasteiger partial charge in [-0.1, -0.05) is 218 Å². The van der Waals surface area contributed by atoms with Gasteiger partial charge in [-0.05, 0) is 103 Å². The minimum absolute atomic E-state index is 0.132. The summed E-state index contributed by atoms with van der Waals surface area (Å²) in [5.74, 6) is -1.06. The van der Waals surface area contributed by atoms with Crippen LogP contribution in [0.4, 0.5) is 0 Å². The zero-order chi connectivity index (χ0) is 47.9. The molecule has 6 nitrogen and oxygen atoms in total. The summed E-state index contributed by atoms with van der Waals surface area (Å²) >= 11 is 0. The molecule has 0 saturated heterocycles. The largest absolute Gasteiger partial charge is 0.462 e. The van der Waals surface area contributed by atoms with Crippen LogP contribution < -0.4 is 0 Å². The molecule has 0 bridgehead atoms. The summed E-state index contributed by atoms with van der Waals surface area (Å²) in [6.07, 6.45) is 75.4. The van der Waals surface area contributed by atoms with Gasteiger partial charge in [-0.2, -0.15) is 0 Å². The highest BCUT2D eigenvalue weighted by atomic mass is 16.6. The predicted molar refractivity (Wildman–Crippen MR) is 283 cm³/mol. The van der Waals surface area contributed by atoms with Gasteiger partial charge in [0, 0.05) is 19.3 Å². The Morgan fingerprint density at radius 1 is 0.333 bits per heavy atom. The molecule has 1 unspecified atom stereocenters. The Kier molecular flexibility index (Phi) is 49.1. The van der Waals surface area contributed by atoms with Crippen molar-refractivity contribution in [1.29, 1.82) is 0 Å². The smallest absolute Gasteiger partial charge is 0.306 e. The molecule has 1 atom stereocenters. The molecule has 0 spiro atoms. The Bertz CT molecular complexity index is 1510. The van der Waals surface area contributed by atoms with Gasteiger partial charge < -0.3 is 14.2 Å². The molecule has 0 aromatic heterocycles. The van der Waals surface area contributed by atoms with E-state index in [-0.39, 0.29) is 44.0 Å². The van der Waals surface area contributed by atoms with Crippen molar-refractivity contribution in [2.45, 2.75) is 200 Å². The monoisotopic (exact) mass is 909 g/mol. The van der Waals surface area contributed by atoms with Crippen molar-refractivity contribution in [3.8, 4) is 0 Å². The van der Waals surface area contributed by atoms with E-state index in [9.17, 15) is 14.4 Å². The summed E-state index contributed by atoms with van der Waals surface area (Å²) in [6, 6.07) is 0. The second-order valence-electron chi connectivity index (χ2n) is 16.5. The van der Waals surface area contributed by atoms with Gasteiger partial charge in [-0.15, -0.1) is 0 Å². The second kappa shape index (κ2) is 52.9. The summed E-state index contributed by atoms with van der Waals surface area (Å²) in [4.78, 5) is 38.0. The highest BCUT2D eigenvalue weighted by molar-refractivity contribution is 5.71. The lowest BCUT2D eigenvalue weighted by atomic mass is 10.1. The van der Waals surface area contributed by atoms with Crippen molar-refractivity contribution in [3.05, 3.63) is 146 Å². The van der Waals surface area contributed by atoms with E-state index >= 15 is 0 Å². The Labute approximate surface area is 404 Å². The Morgan fingerprint density at radius 2 is 0.667 bits per heavy atom. The first-order chi connectivity index (χ1) is 32.5. The van der Waals surface area contributed by atoms with Gasteiger partial charge in [0.15, 0.2) is 6.10 Å². The summed E-state index contributed by atoms with van der Waals surface area (Å²) in [5.41, 5.74) is 0. The molecule has 0 rings (SSSR count). The van der Waals surface area contributed by atoms with Crippen molar-refractivity contribution >= 4 is 17.9 Å². The molecule has 66 heavy (non-hydrogen) atoms. The number of unbranched alkanes of at least 4 members (excludes halogenated alkanes) is 15. The third-order valence-corrected chi connectivity index (χ3v) is 10.2. The standard InChI is InChI=1S/C60H92O6/c1-4-7-10-13-16-19-22-25-27-29-31-32-35-38-41-44-47-50-53-59(62)65-56-57(55-64-58(61)52-49-46-43-40-37-34-24-21-18-15-12-9-6-3)66-60(63)54-51-48-45-42-39-36-33-30-28-26-23-20-17-14-11-8-5-2/h9,12,15-22,24-29,31-34,36-37,42,45,57H,4-8,10-11,13-14,23,30,35,38-41,43-44,46-56H2,1-3H3/b12-9-,18-15-,19-16-,20-17-,24-21-,25-22-,28-26-,29-27-,32-31-,36-33-,37-34-,45-42-. The van der Waals surface area contributed by atoms with Crippen LogP contribution in [-0.4, -0.2) is 37.2 Å². The molecular formula is C60H92O6. The van der Waals surface area contributed by atoms with E-state index in [4.69, 9.17) is 14.2 Å². The Morgan fingerprint density at radius 3 is 1.12 bits per heavy atom. The number of carbonyl (C=O) groups is 3. The average Bonchev–Trinajstić information content (AvgIpc) is 3.31. The number of allylic oxidation sites excluding steroid dienone is 24. The molecule has 6 heteroatoms. The van der Waals surface area contributed by atoms with Crippen LogP contribution in [0.3, 0.4) is 0 Å². The van der Waals surface area contributed by atoms with Crippen molar-refractivity contribution < 1.29 is 28.6 Å². The van der Waals surface area contributed by atoms with Crippen LogP contribution in [0.5, 0.6) is 0 Å². The lowest BCUT2D eigenvalue weighted by Gasteiger charge is -2.18. The van der Waals surface area contributed by atoms with Gasteiger partial charge >= 0.3 is 17.9 Å². The van der Waals surface area contributed by atoms with Crippen LogP contribution >= 0.6 is 0 Å². The summed E-state index contributed by atoms with van der Waals surface area (Å²) in [6.45, 7) is 6.30. The van der Waals surface area contributed by atoms with Gasteiger partial charge in [0.2, 0.25) is 0 Å². The molecule has 0 fully saturated rings. The van der Waals surface area contributed by atoms with Crippen LogP contribution in [0.1, 0.15) is 194 Å². The molecule has 0 aliphatic rings. The molecule has 368 valence electrons. The van der Waals surface area contributed by atoms with E-state index in [1.54, 1.807) is 0 Å². The fourth-order valence-corrected chi connectivity index (χ4v) is 6.34. The molecule has 0 aliphatic heterocycles. The number of hydrogen-bond acceptors (Lipinski definition) is 6. The SMILES string of the molecule is CC\C=C/C=C\C=C/C=C\CCCCCC(=O)OCC(COC(=O)CCCCCCC\C=C/C=C\C=C/C=C\CCCCC)OC(=O)CCC/C=C\C/C=C\C/C=C\C/C=C\CCCCC. The topological polar surface area (TPSA) is 78.9 Å². The summed E-state index contributed by atoms with van der Waals surface area (Å²) in [5, 5.41) is 0.